The van der Waals surface area contributed by atoms with Crippen LogP contribution in [-0.4, -0.2) is 124 Å². The van der Waals surface area contributed by atoms with Crippen molar-refractivity contribution in [1.82, 2.24) is 29.9 Å². The normalized spacial score (nSPS) is 17.2. The highest BCUT2D eigenvalue weighted by Crippen LogP contribution is 2.44. The molecule has 2 N–H and O–H groups in total. The van der Waals surface area contributed by atoms with Gasteiger partial charge in [0.05, 0.1) is 24.8 Å². The number of ether oxygens (including phenoxy) is 1. The van der Waals surface area contributed by atoms with Gasteiger partial charge in [-0.15, -0.1) is 10.2 Å². The van der Waals surface area contributed by atoms with Gasteiger partial charge in [-0.25, -0.2) is 9.37 Å². The van der Waals surface area contributed by atoms with E-state index in [9.17, 15) is 19.4 Å². The molecule has 0 saturated carbocycles. The molecule has 11 nitrogen and oxygen atoms in total. The molecular weight excluding hydrogens is 565 g/mol. The first-order chi connectivity index (χ1) is 21.0. The van der Waals surface area contributed by atoms with E-state index >= 15 is 0 Å². The van der Waals surface area contributed by atoms with E-state index in [0.717, 1.165) is 52.0 Å². The highest BCUT2D eigenvalue weighted by molar-refractivity contribution is 5.97. The molecule has 3 heterocycles. The fourth-order valence-electron chi connectivity index (χ4n) is 6.73. The number of rotatable bonds is 15. The molecule has 2 aliphatic heterocycles. The lowest BCUT2D eigenvalue weighted by atomic mass is 9.76. The average molecular weight is 616 g/mol. The van der Waals surface area contributed by atoms with Crippen LogP contribution in [0.2, 0.25) is 0 Å². The molecule has 2 aromatic rings. The summed E-state index contributed by atoms with van der Waals surface area (Å²) in [7, 11) is 1.95. The smallest absolute Gasteiger partial charge is 0.282 e. The number of benzene rings is 1. The van der Waals surface area contributed by atoms with E-state index in [2.05, 4.69) is 38.8 Å². The Morgan fingerprint density at radius 2 is 1.89 bits per heavy atom. The Balaban J connectivity index is 1.42. The van der Waals surface area contributed by atoms with Crippen LogP contribution in [0.3, 0.4) is 0 Å². The Morgan fingerprint density at radius 1 is 1.16 bits per heavy atom. The fourth-order valence-corrected chi connectivity index (χ4v) is 6.73. The van der Waals surface area contributed by atoms with E-state index in [0.29, 0.717) is 24.3 Å². The maximum atomic E-state index is 14.3. The van der Waals surface area contributed by atoms with Crippen molar-refractivity contribution >= 4 is 11.7 Å². The summed E-state index contributed by atoms with van der Waals surface area (Å²) in [6, 6.07) is 4.14. The monoisotopic (exact) mass is 615 g/mol. The van der Waals surface area contributed by atoms with Crippen LogP contribution in [0.25, 0.3) is 0 Å². The topological polar surface area (TPSA) is 118 Å². The minimum absolute atomic E-state index is 0.0425. The van der Waals surface area contributed by atoms with Crippen LogP contribution in [0.5, 0.6) is 11.6 Å². The Labute approximate surface area is 261 Å². The second kappa shape index (κ2) is 14.9. The van der Waals surface area contributed by atoms with Gasteiger partial charge in [-0.3, -0.25) is 14.6 Å². The number of aliphatic hydroxyl groups is 2. The first-order valence-electron chi connectivity index (χ1n) is 15.9. The number of hydrogen-bond acceptors (Lipinski definition) is 10. The van der Waals surface area contributed by atoms with Gasteiger partial charge in [0.25, 0.3) is 11.8 Å². The molecule has 0 aliphatic carbocycles. The summed E-state index contributed by atoms with van der Waals surface area (Å²) in [6.45, 7) is 15.1. The van der Waals surface area contributed by atoms with Crippen molar-refractivity contribution < 1.29 is 24.1 Å². The van der Waals surface area contributed by atoms with Crippen molar-refractivity contribution in [2.75, 3.05) is 64.4 Å². The molecule has 1 aromatic carbocycles. The molecular formula is C32H50FN7O4. The zero-order valence-corrected chi connectivity index (χ0v) is 27.1. The van der Waals surface area contributed by atoms with Gasteiger partial charge in [-0.1, -0.05) is 13.8 Å². The maximum Gasteiger partial charge on any atom is 0.282 e. The first-order valence-corrected chi connectivity index (χ1v) is 15.9. The van der Waals surface area contributed by atoms with Crippen LogP contribution in [0.15, 0.2) is 24.5 Å². The molecule has 1 amide bonds. The van der Waals surface area contributed by atoms with Gasteiger partial charge in [0.15, 0.2) is 5.82 Å². The lowest BCUT2D eigenvalue weighted by Gasteiger charge is -2.53. The summed E-state index contributed by atoms with van der Waals surface area (Å²) < 4.78 is 20.4. The van der Waals surface area contributed by atoms with Crippen molar-refractivity contribution in [2.24, 2.45) is 11.3 Å². The quantitative estimate of drug-likeness (QED) is 0.309. The van der Waals surface area contributed by atoms with Crippen molar-refractivity contribution in [3.8, 4) is 11.6 Å². The number of carbonyl (C=O) groups is 1. The Morgan fingerprint density at radius 3 is 2.52 bits per heavy atom. The second-order valence-corrected chi connectivity index (χ2v) is 13.0. The lowest BCUT2D eigenvalue weighted by Crippen LogP contribution is -2.62. The SMILES string of the molecule is CCN(C(=O)c1cc(F)ccc1Oc1nncnc1N1CCC2(C1)CN(C(CCCN(C)C(CO)CO)C(C)C)C2)C(C)C. The van der Waals surface area contributed by atoms with Crippen molar-refractivity contribution in [3.05, 3.63) is 35.9 Å². The molecule has 1 spiro atoms. The number of carbonyl (C=O) groups excluding carboxylic acids is 1. The largest absolute Gasteiger partial charge is 0.434 e. The predicted octanol–water partition coefficient (Wildman–Crippen LogP) is 3.28. The third kappa shape index (κ3) is 7.64. The number of nitrogens with zero attached hydrogens (tertiary/aromatic N) is 7. The molecule has 1 aromatic heterocycles. The third-order valence-electron chi connectivity index (χ3n) is 9.28. The molecule has 4 rings (SSSR count). The molecule has 1 unspecified atom stereocenters. The van der Waals surface area contributed by atoms with Crippen LogP contribution in [-0.2, 0) is 0 Å². The van der Waals surface area contributed by atoms with Crippen LogP contribution in [0, 0.1) is 17.2 Å². The van der Waals surface area contributed by atoms with Crippen LogP contribution >= 0.6 is 0 Å². The molecule has 1 atom stereocenters. The van der Waals surface area contributed by atoms with E-state index in [1.54, 1.807) is 4.90 Å². The predicted molar refractivity (Wildman–Crippen MR) is 167 cm³/mol. The van der Waals surface area contributed by atoms with E-state index in [-0.39, 0.29) is 53.8 Å². The molecule has 0 radical (unpaired) electrons. The number of amides is 1. The van der Waals surface area contributed by atoms with Gasteiger partial charge in [0.2, 0.25) is 0 Å². The van der Waals surface area contributed by atoms with E-state index in [1.807, 2.05) is 32.7 Å². The van der Waals surface area contributed by atoms with Crippen LogP contribution < -0.4 is 9.64 Å². The second-order valence-electron chi connectivity index (χ2n) is 13.0. The number of halogens is 1. The van der Waals surface area contributed by atoms with Crippen molar-refractivity contribution in [2.45, 2.75) is 72.0 Å². The maximum absolute atomic E-state index is 14.3. The summed E-state index contributed by atoms with van der Waals surface area (Å²) in [4.78, 5) is 26.3. The standard InChI is InChI=1S/C32H50FN7O4/c1-7-40(23(4)5)31(43)26-15-24(33)10-11-28(26)44-30-29(34-21-35-36-30)38-14-12-32(18-38)19-39(20-32)27(22(2)3)9-8-13-37(6)25(16-41)17-42/h10-11,15,21-23,25,27,41-42H,7-9,12-14,16-20H2,1-6H3. The summed E-state index contributed by atoms with van der Waals surface area (Å²) >= 11 is 0. The molecule has 2 fully saturated rings. The number of anilines is 1. The fraction of sp³-hybridized carbons (Fsp3) is 0.688. The Bertz CT molecular complexity index is 1240. The van der Waals surface area contributed by atoms with Crippen LogP contribution in [0.4, 0.5) is 10.2 Å². The van der Waals surface area contributed by atoms with Crippen molar-refractivity contribution in [3.63, 3.8) is 0 Å². The van der Waals surface area contributed by atoms with E-state index in [1.165, 1.54) is 24.5 Å². The zero-order valence-electron chi connectivity index (χ0n) is 27.1. The average Bonchev–Trinajstić information content (AvgIpc) is 3.42. The Kier molecular flexibility index (Phi) is 11.5. The first kappa shape index (κ1) is 34.0. The molecule has 44 heavy (non-hydrogen) atoms. The number of aliphatic hydroxyl groups excluding tert-OH is 2. The minimum atomic E-state index is -0.514. The molecule has 2 saturated heterocycles. The van der Waals surface area contributed by atoms with Gasteiger partial charge in [0.1, 0.15) is 17.9 Å². The van der Waals surface area contributed by atoms with Gasteiger partial charge in [-0.05, 0) is 77.7 Å². The molecule has 12 heteroatoms. The minimum Gasteiger partial charge on any atom is -0.434 e. The molecule has 244 valence electrons. The summed E-state index contributed by atoms with van der Waals surface area (Å²) in [6.07, 6.45) is 4.48. The molecule has 0 bridgehead atoms. The van der Waals surface area contributed by atoms with Crippen molar-refractivity contribution in [1.29, 1.82) is 0 Å². The number of likely N-dealkylation sites (tertiary alicyclic amines) is 1. The summed E-state index contributed by atoms with van der Waals surface area (Å²) in [5, 5.41) is 27.1. The zero-order chi connectivity index (χ0) is 32.0. The van der Waals surface area contributed by atoms with Gasteiger partial charge >= 0.3 is 0 Å². The number of aromatic nitrogens is 3. The van der Waals surface area contributed by atoms with E-state index in [4.69, 9.17) is 4.74 Å². The highest BCUT2D eigenvalue weighted by Gasteiger charge is 2.50. The van der Waals surface area contributed by atoms with Crippen LogP contribution in [0.1, 0.15) is 64.2 Å². The van der Waals surface area contributed by atoms with Gasteiger partial charge in [0, 0.05) is 50.2 Å². The summed E-state index contributed by atoms with van der Waals surface area (Å²) in [5.41, 5.74) is 0.292. The lowest BCUT2D eigenvalue weighted by molar-refractivity contribution is -0.0349. The van der Waals surface area contributed by atoms with Gasteiger partial charge in [-0.2, -0.15) is 0 Å². The van der Waals surface area contributed by atoms with E-state index < -0.39 is 5.82 Å². The number of likely N-dealkylation sites (N-methyl/N-ethyl adjacent to an activating group) is 1. The number of hydrogen-bond donors (Lipinski definition) is 2. The molecule has 2 aliphatic rings. The Hall–Kier alpha value is -2.93. The highest BCUT2D eigenvalue weighted by atomic mass is 19.1. The summed E-state index contributed by atoms with van der Waals surface area (Å²) in [5.74, 6) is 0.678. The third-order valence-corrected chi connectivity index (χ3v) is 9.28. The van der Waals surface area contributed by atoms with Gasteiger partial charge < -0.3 is 24.7 Å².